The van der Waals surface area contributed by atoms with E-state index < -0.39 is 9.84 Å². The molecule has 1 saturated heterocycles. The molecular weight excluding hydrogens is 264 g/mol. The fraction of sp³-hybridized carbons (Fsp3) is 0.833. The number of nitrogens with zero attached hydrogens (tertiary/aromatic N) is 4. The summed E-state index contributed by atoms with van der Waals surface area (Å²) in [5.41, 5.74) is 0. The first-order valence-electron chi connectivity index (χ1n) is 6.65. The number of rotatable bonds is 5. The van der Waals surface area contributed by atoms with Crippen LogP contribution in [-0.2, 0) is 16.4 Å². The van der Waals surface area contributed by atoms with Gasteiger partial charge in [0.15, 0.2) is 0 Å². The zero-order chi connectivity index (χ0) is 14.0. The van der Waals surface area contributed by atoms with Crippen LogP contribution in [0.5, 0.6) is 0 Å². The Bertz CT molecular complexity index is 538. The van der Waals surface area contributed by atoms with E-state index in [1.54, 1.807) is 0 Å². The van der Waals surface area contributed by atoms with Crippen LogP contribution in [0.4, 0.5) is 0 Å². The van der Waals surface area contributed by atoms with Crippen LogP contribution in [0.2, 0.25) is 0 Å². The fourth-order valence-corrected chi connectivity index (χ4v) is 3.18. The lowest BCUT2D eigenvalue weighted by molar-refractivity contribution is 0.237. The van der Waals surface area contributed by atoms with Gasteiger partial charge >= 0.3 is 0 Å². The van der Waals surface area contributed by atoms with Crippen LogP contribution in [0.1, 0.15) is 24.5 Å². The third-order valence-corrected chi connectivity index (χ3v) is 4.52. The van der Waals surface area contributed by atoms with Crippen molar-refractivity contribution in [2.45, 2.75) is 39.3 Å². The second-order valence-electron chi connectivity index (χ2n) is 5.35. The lowest BCUT2D eigenvalue weighted by Crippen LogP contribution is -2.36. The van der Waals surface area contributed by atoms with Gasteiger partial charge in [0.2, 0.25) is 0 Å². The minimum atomic E-state index is -2.89. The van der Waals surface area contributed by atoms with E-state index in [9.17, 15) is 8.42 Å². The Morgan fingerprint density at radius 2 is 2.11 bits per heavy atom. The van der Waals surface area contributed by atoms with Gasteiger partial charge in [0.25, 0.3) is 0 Å². The second-order valence-corrected chi connectivity index (χ2v) is 7.61. The van der Waals surface area contributed by atoms with Crippen LogP contribution < -0.4 is 0 Å². The van der Waals surface area contributed by atoms with Crippen molar-refractivity contribution in [3.8, 4) is 0 Å². The number of aryl methyl sites for hydroxylation is 2. The smallest absolute Gasteiger partial charge is 0.148 e. The Hall–Kier alpha value is -0.950. The van der Waals surface area contributed by atoms with Crippen LogP contribution >= 0.6 is 0 Å². The molecule has 2 heterocycles. The van der Waals surface area contributed by atoms with Crippen LogP contribution in [-0.4, -0.2) is 59.2 Å². The molecule has 0 aliphatic carbocycles. The van der Waals surface area contributed by atoms with Crippen molar-refractivity contribution < 1.29 is 8.42 Å². The van der Waals surface area contributed by atoms with Crippen molar-refractivity contribution in [3.05, 3.63) is 11.6 Å². The Morgan fingerprint density at radius 1 is 1.37 bits per heavy atom. The van der Waals surface area contributed by atoms with Crippen molar-refractivity contribution >= 4 is 9.84 Å². The first-order chi connectivity index (χ1) is 8.85. The summed E-state index contributed by atoms with van der Waals surface area (Å²) in [4.78, 5) is 6.56. The molecule has 108 valence electrons. The molecule has 1 unspecified atom stereocenters. The number of likely N-dealkylation sites (tertiary alicyclic amines) is 1. The fourth-order valence-electron chi connectivity index (χ4n) is 2.61. The molecule has 6 nitrogen and oxygen atoms in total. The first-order valence-corrected chi connectivity index (χ1v) is 8.71. The molecule has 1 aliphatic heterocycles. The lowest BCUT2D eigenvalue weighted by Gasteiger charge is -2.24. The number of aromatic nitrogens is 3. The van der Waals surface area contributed by atoms with Crippen molar-refractivity contribution in [3.63, 3.8) is 0 Å². The lowest BCUT2D eigenvalue weighted by atomic mass is 10.2. The van der Waals surface area contributed by atoms with E-state index in [0.717, 1.165) is 37.6 Å². The summed E-state index contributed by atoms with van der Waals surface area (Å²) in [5.74, 6) is 1.95. The van der Waals surface area contributed by atoms with Gasteiger partial charge in [-0.3, -0.25) is 4.90 Å². The van der Waals surface area contributed by atoms with E-state index in [2.05, 4.69) is 15.0 Å². The topological polar surface area (TPSA) is 68.1 Å². The van der Waals surface area contributed by atoms with E-state index in [0.29, 0.717) is 12.6 Å². The molecule has 0 amide bonds. The summed E-state index contributed by atoms with van der Waals surface area (Å²) in [7, 11) is -2.89. The molecule has 0 radical (unpaired) electrons. The summed E-state index contributed by atoms with van der Waals surface area (Å²) in [6.07, 6.45) is 3.52. The van der Waals surface area contributed by atoms with Crippen molar-refractivity contribution in [2.24, 2.45) is 0 Å². The summed E-state index contributed by atoms with van der Waals surface area (Å²) >= 11 is 0. The molecule has 0 aromatic carbocycles. The molecule has 0 spiro atoms. The molecule has 19 heavy (non-hydrogen) atoms. The van der Waals surface area contributed by atoms with Gasteiger partial charge in [0, 0.05) is 18.8 Å². The van der Waals surface area contributed by atoms with E-state index in [1.165, 1.54) is 6.26 Å². The second kappa shape index (κ2) is 5.58. The van der Waals surface area contributed by atoms with Crippen molar-refractivity contribution in [1.29, 1.82) is 0 Å². The largest absolute Gasteiger partial charge is 0.298 e. The summed E-state index contributed by atoms with van der Waals surface area (Å²) in [6.45, 7) is 6.24. The number of hydrogen-bond donors (Lipinski definition) is 0. The third-order valence-electron chi connectivity index (χ3n) is 3.59. The van der Waals surface area contributed by atoms with Gasteiger partial charge in [0.05, 0.1) is 12.3 Å². The predicted octanol–water partition coefficient (Wildman–Crippen LogP) is 0.404. The highest BCUT2D eigenvalue weighted by Gasteiger charge is 2.26. The maximum absolute atomic E-state index is 11.3. The van der Waals surface area contributed by atoms with Gasteiger partial charge in [-0.1, -0.05) is 0 Å². The standard InChI is InChI=1S/C12H22N4O2S/c1-10-13-11(2)16(14-10)9-12-5-4-6-15(12)7-8-19(3,17)18/h12H,4-9H2,1-3H3. The highest BCUT2D eigenvalue weighted by atomic mass is 32.2. The van der Waals surface area contributed by atoms with Crippen molar-refractivity contribution in [2.75, 3.05) is 25.1 Å². The molecule has 0 bridgehead atoms. The Balaban J connectivity index is 1.97. The zero-order valence-electron chi connectivity index (χ0n) is 11.8. The first kappa shape index (κ1) is 14.5. The third kappa shape index (κ3) is 4.01. The Morgan fingerprint density at radius 3 is 2.68 bits per heavy atom. The normalized spacial score (nSPS) is 21.1. The molecule has 0 saturated carbocycles. The number of sulfone groups is 1. The molecule has 7 heteroatoms. The highest BCUT2D eigenvalue weighted by Crippen LogP contribution is 2.19. The number of hydrogen-bond acceptors (Lipinski definition) is 5. The average molecular weight is 286 g/mol. The highest BCUT2D eigenvalue weighted by molar-refractivity contribution is 7.90. The summed E-state index contributed by atoms with van der Waals surface area (Å²) in [5, 5.41) is 4.38. The maximum Gasteiger partial charge on any atom is 0.148 e. The van der Waals surface area contributed by atoms with E-state index in [1.807, 2.05) is 18.5 Å². The molecule has 1 atom stereocenters. The Labute approximate surface area is 114 Å². The van der Waals surface area contributed by atoms with E-state index in [4.69, 9.17) is 0 Å². The van der Waals surface area contributed by atoms with Gasteiger partial charge < -0.3 is 0 Å². The monoisotopic (exact) mass is 286 g/mol. The van der Waals surface area contributed by atoms with E-state index in [-0.39, 0.29) is 5.75 Å². The molecular formula is C12H22N4O2S. The van der Waals surface area contributed by atoms with Crippen LogP contribution in [0.3, 0.4) is 0 Å². The minimum Gasteiger partial charge on any atom is -0.298 e. The quantitative estimate of drug-likeness (QED) is 0.784. The molecule has 1 fully saturated rings. The van der Waals surface area contributed by atoms with Gasteiger partial charge in [-0.25, -0.2) is 18.1 Å². The summed E-state index contributed by atoms with van der Waals surface area (Å²) < 4.78 is 24.4. The Kier molecular flexibility index (Phi) is 4.25. The molecule has 2 rings (SSSR count). The van der Waals surface area contributed by atoms with Crippen LogP contribution in [0.25, 0.3) is 0 Å². The van der Waals surface area contributed by atoms with Gasteiger partial charge in [0.1, 0.15) is 21.5 Å². The maximum atomic E-state index is 11.3. The van der Waals surface area contributed by atoms with Crippen LogP contribution in [0.15, 0.2) is 0 Å². The minimum absolute atomic E-state index is 0.235. The van der Waals surface area contributed by atoms with E-state index >= 15 is 0 Å². The zero-order valence-corrected chi connectivity index (χ0v) is 12.7. The molecule has 1 aliphatic rings. The average Bonchev–Trinajstić information content (AvgIpc) is 2.83. The molecule has 1 aromatic rings. The SMILES string of the molecule is Cc1nc(C)n(CC2CCCN2CCS(C)(=O)=O)n1. The van der Waals surface area contributed by atoms with Gasteiger partial charge in [-0.05, 0) is 33.2 Å². The predicted molar refractivity (Wildman–Crippen MR) is 73.8 cm³/mol. The van der Waals surface area contributed by atoms with Crippen LogP contribution in [0, 0.1) is 13.8 Å². The van der Waals surface area contributed by atoms with Gasteiger partial charge in [-0.2, -0.15) is 5.10 Å². The molecule has 0 N–H and O–H groups in total. The van der Waals surface area contributed by atoms with Crippen molar-refractivity contribution in [1.82, 2.24) is 19.7 Å². The van der Waals surface area contributed by atoms with Gasteiger partial charge in [-0.15, -0.1) is 0 Å². The molecule has 1 aromatic heterocycles. The summed E-state index contributed by atoms with van der Waals surface area (Å²) in [6, 6.07) is 0.376.